The fourth-order valence-corrected chi connectivity index (χ4v) is 0.216. The van der Waals surface area contributed by atoms with E-state index in [1.54, 1.807) is 0 Å². The van der Waals surface area contributed by atoms with Crippen molar-refractivity contribution in [1.29, 1.82) is 5.41 Å². The van der Waals surface area contributed by atoms with Crippen molar-refractivity contribution in [3.8, 4) is 0 Å². The van der Waals surface area contributed by atoms with E-state index in [1.165, 1.54) is 0 Å². The van der Waals surface area contributed by atoms with Gasteiger partial charge in [0.15, 0.2) is 0 Å². The van der Waals surface area contributed by atoms with Gasteiger partial charge in [0.05, 0.1) is 0 Å². The van der Waals surface area contributed by atoms with Crippen LogP contribution in [0.4, 0.5) is 0 Å². The number of rotatable bonds is 3. The Morgan fingerprint density at radius 2 is 1.78 bits per heavy atom. The summed E-state index contributed by atoms with van der Waals surface area (Å²) in [7, 11) is 0. The van der Waals surface area contributed by atoms with E-state index in [2.05, 4.69) is 0 Å². The Hall–Kier alpha value is -0.125. The van der Waals surface area contributed by atoms with Gasteiger partial charge in [0.2, 0.25) is 0 Å². The number of hydrogen-bond acceptors (Lipinski definition) is 4. The minimum absolute atomic E-state index is 0. The van der Waals surface area contributed by atoms with E-state index in [4.69, 9.17) is 5.41 Å². The van der Waals surface area contributed by atoms with Crippen LogP contribution in [0.3, 0.4) is 0 Å². The summed E-state index contributed by atoms with van der Waals surface area (Å²) in [6.45, 7) is 0. The zero-order valence-electron chi connectivity index (χ0n) is 4.85. The van der Waals surface area contributed by atoms with Crippen LogP contribution in [0.1, 0.15) is 12.8 Å². The maximum Gasteiger partial charge on any atom is 2.00 e. The molecular weight excluding hydrogens is 311 g/mol. The van der Waals surface area contributed by atoms with E-state index in [0.717, 1.165) is 0 Å². The summed E-state index contributed by atoms with van der Waals surface area (Å²) in [4.78, 5) is 9.56. The monoisotopic (exact) mass is 317 g/mol. The molecule has 0 unspecified atom stereocenters. The molecule has 0 heterocycles. The summed E-state index contributed by atoms with van der Waals surface area (Å²) in [6, 6.07) is 0. The standard InChI is InChI=1S/C4H7NO3.Hg/c5-3(6)1-2-4(7)8;/h1-2H2,(H2,5,6)(H,7,8);/q;+2/p-2. The van der Waals surface area contributed by atoms with E-state index in [0.29, 0.717) is 0 Å². The number of aliphatic carboxylic acids is 1. The molecule has 0 spiro atoms. The summed E-state index contributed by atoms with van der Waals surface area (Å²) >= 11 is 0. The molecule has 0 saturated heterocycles. The molecule has 0 aromatic heterocycles. The largest absolute Gasteiger partial charge is 2.00 e. The third-order valence-electron chi connectivity index (χ3n) is 0.556. The van der Waals surface area contributed by atoms with Crippen molar-refractivity contribution in [2.75, 3.05) is 0 Å². The quantitative estimate of drug-likeness (QED) is 0.366. The Morgan fingerprint density at radius 1 is 1.33 bits per heavy atom. The van der Waals surface area contributed by atoms with Crippen LogP contribution in [0.5, 0.6) is 0 Å². The van der Waals surface area contributed by atoms with Crippen molar-refractivity contribution in [2.24, 2.45) is 0 Å². The van der Waals surface area contributed by atoms with Gasteiger partial charge in [-0.3, -0.25) is 0 Å². The van der Waals surface area contributed by atoms with Gasteiger partial charge >= 0.3 is 27.7 Å². The van der Waals surface area contributed by atoms with Crippen LogP contribution in [0.2, 0.25) is 0 Å². The summed E-state index contributed by atoms with van der Waals surface area (Å²) < 4.78 is 0. The average Bonchev–Trinajstić information content (AvgIpc) is 1.61. The Kier molecular flexibility index (Phi) is 7.77. The second-order valence-corrected chi connectivity index (χ2v) is 1.30. The molecule has 0 fully saturated rings. The first-order valence-corrected chi connectivity index (χ1v) is 2.07. The summed E-state index contributed by atoms with van der Waals surface area (Å²) in [5.74, 6) is -2.15. The maximum absolute atomic E-state index is 9.72. The first kappa shape index (κ1) is 11.6. The Morgan fingerprint density at radius 3 is 1.89 bits per heavy atom. The van der Waals surface area contributed by atoms with Crippen LogP contribution >= 0.6 is 0 Å². The van der Waals surface area contributed by atoms with Crippen molar-refractivity contribution in [2.45, 2.75) is 12.8 Å². The molecule has 46 valence electrons. The molecule has 9 heavy (non-hydrogen) atoms. The van der Waals surface area contributed by atoms with Gasteiger partial charge < -0.3 is 20.4 Å². The van der Waals surface area contributed by atoms with Gasteiger partial charge in [-0.15, -0.1) is 0 Å². The van der Waals surface area contributed by atoms with Crippen molar-refractivity contribution in [3.63, 3.8) is 0 Å². The van der Waals surface area contributed by atoms with Crippen LogP contribution < -0.4 is 10.2 Å². The third-order valence-corrected chi connectivity index (χ3v) is 0.556. The molecule has 0 aromatic carbocycles. The predicted molar refractivity (Wildman–Crippen MR) is 22.0 cm³/mol. The molecule has 1 N–H and O–H groups in total. The van der Waals surface area contributed by atoms with Gasteiger partial charge in [0, 0.05) is 5.97 Å². The maximum atomic E-state index is 9.72. The summed E-state index contributed by atoms with van der Waals surface area (Å²) in [5, 5.41) is 25.5. The predicted octanol–water partition coefficient (Wildman–Crippen LogP) is -2.15. The smallest absolute Gasteiger partial charge is 0.862 e. The first-order chi connectivity index (χ1) is 3.63. The molecule has 0 radical (unpaired) electrons. The van der Waals surface area contributed by atoms with Gasteiger partial charge in [-0.25, -0.2) is 0 Å². The fourth-order valence-electron chi connectivity index (χ4n) is 0.216. The molecule has 0 saturated carbocycles. The molecule has 0 rings (SSSR count). The van der Waals surface area contributed by atoms with Crippen molar-refractivity contribution >= 4 is 11.9 Å². The second-order valence-electron chi connectivity index (χ2n) is 1.30. The average molecular weight is 316 g/mol. The number of carboxylic acids is 1. The van der Waals surface area contributed by atoms with Gasteiger partial charge in [-0.05, 0) is 18.7 Å². The number of carbonyl (C=O) groups is 1. The first-order valence-electron chi connectivity index (χ1n) is 2.07. The SMILES string of the molecule is N=C([O-])CCC(=O)[O-].[Hg+2]. The minimum Gasteiger partial charge on any atom is -0.862 e. The minimum atomic E-state index is -1.29. The van der Waals surface area contributed by atoms with Crippen LogP contribution in [0.25, 0.3) is 0 Å². The van der Waals surface area contributed by atoms with Crippen LogP contribution in [-0.4, -0.2) is 11.9 Å². The summed E-state index contributed by atoms with van der Waals surface area (Å²) in [5.41, 5.74) is 0. The van der Waals surface area contributed by atoms with Crippen molar-refractivity contribution in [1.82, 2.24) is 0 Å². The van der Waals surface area contributed by atoms with E-state index in [1.807, 2.05) is 0 Å². The van der Waals surface area contributed by atoms with Crippen molar-refractivity contribution in [3.05, 3.63) is 0 Å². The van der Waals surface area contributed by atoms with Crippen LogP contribution in [0, 0.1) is 5.41 Å². The molecule has 0 bridgehead atoms. The molecule has 0 aromatic rings. The Balaban J connectivity index is 0. The Bertz CT molecular complexity index is 100. The zero-order chi connectivity index (χ0) is 6.57. The van der Waals surface area contributed by atoms with Gasteiger partial charge in [-0.2, -0.15) is 0 Å². The van der Waals surface area contributed by atoms with Gasteiger partial charge in [-0.1, -0.05) is 0 Å². The molecule has 0 atom stereocenters. The van der Waals surface area contributed by atoms with Gasteiger partial charge in [0.1, 0.15) is 0 Å². The zero-order valence-corrected chi connectivity index (χ0v) is 10.3. The number of nitrogens with one attached hydrogen (secondary N) is 1. The molecule has 0 amide bonds. The van der Waals surface area contributed by atoms with E-state index in [-0.39, 0.29) is 40.5 Å². The summed E-state index contributed by atoms with van der Waals surface area (Å²) in [6.07, 6.45) is -0.593. The number of carboxylic acid groups (broad SMARTS) is 1. The molecular formula is C4H5HgNO3. The van der Waals surface area contributed by atoms with Crippen LogP contribution in [0.15, 0.2) is 0 Å². The number of hydrogen-bond donors (Lipinski definition) is 1. The normalized spacial score (nSPS) is 7.56. The fraction of sp³-hybridized carbons (Fsp3) is 0.500. The topological polar surface area (TPSA) is 87.0 Å². The second kappa shape index (κ2) is 6.00. The van der Waals surface area contributed by atoms with E-state index in [9.17, 15) is 15.0 Å². The number of carbonyl (C=O) groups excluding carboxylic acids is 1. The van der Waals surface area contributed by atoms with E-state index >= 15 is 0 Å². The third kappa shape index (κ3) is 11.4. The Labute approximate surface area is 72.9 Å². The van der Waals surface area contributed by atoms with Gasteiger partial charge in [0.25, 0.3) is 0 Å². The molecule has 0 aliphatic rings. The molecule has 0 aliphatic carbocycles. The molecule has 5 heteroatoms. The van der Waals surface area contributed by atoms with Crippen LogP contribution in [-0.2, 0) is 32.5 Å². The van der Waals surface area contributed by atoms with Crippen molar-refractivity contribution < 1.29 is 42.7 Å². The molecule has 4 nitrogen and oxygen atoms in total. The molecule has 0 aliphatic heterocycles. The van der Waals surface area contributed by atoms with E-state index < -0.39 is 11.9 Å².